The Morgan fingerprint density at radius 1 is 1.35 bits per heavy atom. The van der Waals surface area contributed by atoms with Gasteiger partial charge < -0.3 is 0 Å². The number of rotatable bonds is 6. The Bertz CT molecular complexity index is 508. The van der Waals surface area contributed by atoms with E-state index in [0.29, 0.717) is 11.7 Å². The fourth-order valence-electron chi connectivity index (χ4n) is 2.59. The van der Waals surface area contributed by atoms with E-state index >= 15 is 0 Å². The van der Waals surface area contributed by atoms with E-state index < -0.39 is 0 Å². The number of benzene rings is 1. The van der Waals surface area contributed by atoms with E-state index in [1.807, 2.05) is 6.08 Å². The maximum Gasteiger partial charge on any atom is 0.126 e. The quantitative estimate of drug-likeness (QED) is 0.496. The number of hydrogen-bond donors (Lipinski definition) is 0. The highest BCUT2D eigenvalue weighted by Gasteiger charge is 2.07. The molecule has 0 spiro atoms. The van der Waals surface area contributed by atoms with Crippen molar-refractivity contribution < 1.29 is 0 Å². The maximum atomic E-state index is 3.97. The van der Waals surface area contributed by atoms with Gasteiger partial charge in [-0.2, -0.15) is 0 Å². The SMILES string of the molecule is C=C[C@@H](C/C=C/C1=CC(BC)CC=C1)c1ccccc1. The third-order valence-electron chi connectivity index (χ3n) is 3.91. The second-order valence-electron chi connectivity index (χ2n) is 5.36. The van der Waals surface area contributed by atoms with Crippen molar-refractivity contribution in [2.75, 3.05) is 0 Å². The Kier molecular flexibility index (Phi) is 5.67. The van der Waals surface area contributed by atoms with Crippen LogP contribution in [0, 0.1) is 0 Å². The lowest BCUT2D eigenvalue weighted by atomic mass is 9.64. The summed E-state index contributed by atoms with van der Waals surface area (Å²) in [5, 5.41) is 0. The molecular weight excluding hydrogens is 239 g/mol. The molecule has 0 aliphatic heterocycles. The molecule has 20 heavy (non-hydrogen) atoms. The zero-order valence-electron chi connectivity index (χ0n) is 12.3. The van der Waals surface area contributed by atoms with E-state index in [1.54, 1.807) is 0 Å². The molecule has 0 amide bonds. The minimum Gasteiger partial charge on any atom is -0.102 e. The fraction of sp³-hybridized carbons (Fsp3) is 0.263. The molecule has 1 unspecified atom stereocenters. The smallest absolute Gasteiger partial charge is 0.102 e. The maximum absolute atomic E-state index is 3.97. The highest BCUT2D eigenvalue weighted by molar-refractivity contribution is 6.36. The zero-order chi connectivity index (χ0) is 14.2. The average Bonchev–Trinajstić information content (AvgIpc) is 2.52. The van der Waals surface area contributed by atoms with Crippen LogP contribution in [0.15, 0.2) is 78.9 Å². The van der Waals surface area contributed by atoms with Gasteiger partial charge in [0.1, 0.15) is 7.28 Å². The van der Waals surface area contributed by atoms with E-state index in [0.717, 1.165) is 6.42 Å². The highest BCUT2D eigenvalue weighted by Crippen LogP contribution is 2.24. The van der Waals surface area contributed by atoms with Crippen molar-refractivity contribution >= 4 is 7.28 Å². The molecule has 0 radical (unpaired) electrons. The van der Waals surface area contributed by atoms with Crippen LogP contribution in [0.3, 0.4) is 0 Å². The topological polar surface area (TPSA) is 0 Å². The standard InChI is InChI=1S/C19H23B/c1-3-17(18-11-5-4-6-12-18)13-7-9-16-10-8-14-19(15-16)20-2/h3-12,15,17,19-20H,1,13-14H2,2H3/b9-7+/t17-,19?/m0/s1. The van der Waals surface area contributed by atoms with E-state index in [9.17, 15) is 0 Å². The molecule has 1 heteroatoms. The summed E-state index contributed by atoms with van der Waals surface area (Å²) in [7, 11) is 1.22. The lowest BCUT2D eigenvalue weighted by Gasteiger charge is -2.13. The van der Waals surface area contributed by atoms with Crippen LogP contribution < -0.4 is 0 Å². The molecule has 1 aliphatic rings. The van der Waals surface area contributed by atoms with Crippen LogP contribution in [0.1, 0.15) is 24.3 Å². The fourth-order valence-corrected chi connectivity index (χ4v) is 2.59. The number of hydrogen-bond acceptors (Lipinski definition) is 0. The minimum atomic E-state index is 0.405. The van der Waals surface area contributed by atoms with Crippen molar-refractivity contribution in [1.29, 1.82) is 0 Å². The molecule has 2 atom stereocenters. The molecule has 0 fully saturated rings. The zero-order valence-corrected chi connectivity index (χ0v) is 12.3. The second-order valence-corrected chi connectivity index (χ2v) is 5.36. The van der Waals surface area contributed by atoms with Crippen LogP contribution in [0.2, 0.25) is 12.6 Å². The largest absolute Gasteiger partial charge is 0.126 e. The van der Waals surface area contributed by atoms with Crippen LogP contribution >= 0.6 is 0 Å². The van der Waals surface area contributed by atoms with Crippen LogP contribution in [0.25, 0.3) is 0 Å². The van der Waals surface area contributed by atoms with Gasteiger partial charge in [0.25, 0.3) is 0 Å². The molecule has 2 rings (SSSR count). The van der Waals surface area contributed by atoms with Gasteiger partial charge in [0.2, 0.25) is 0 Å². The van der Waals surface area contributed by atoms with Crippen molar-refractivity contribution in [3.8, 4) is 0 Å². The van der Waals surface area contributed by atoms with Gasteiger partial charge in [0, 0.05) is 5.92 Å². The molecule has 1 aliphatic carbocycles. The number of allylic oxidation sites excluding steroid dienone is 7. The summed E-state index contributed by atoms with van der Waals surface area (Å²) in [5.74, 6) is 1.12. The third-order valence-corrected chi connectivity index (χ3v) is 3.91. The van der Waals surface area contributed by atoms with Gasteiger partial charge in [0.05, 0.1) is 0 Å². The van der Waals surface area contributed by atoms with Gasteiger partial charge in [-0.3, -0.25) is 0 Å². The van der Waals surface area contributed by atoms with Crippen molar-refractivity contribution in [2.24, 2.45) is 0 Å². The summed E-state index contributed by atoms with van der Waals surface area (Å²) in [6.45, 7) is 6.22. The molecule has 0 saturated carbocycles. The van der Waals surface area contributed by atoms with Gasteiger partial charge in [-0.1, -0.05) is 73.6 Å². The third kappa shape index (κ3) is 4.13. The van der Waals surface area contributed by atoms with E-state index in [4.69, 9.17) is 0 Å². The van der Waals surface area contributed by atoms with Crippen molar-refractivity contribution in [3.63, 3.8) is 0 Å². The van der Waals surface area contributed by atoms with Gasteiger partial charge in [-0.25, -0.2) is 0 Å². The first-order valence-corrected chi connectivity index (χ1v) is 7.56. The summed E-state index contributed by atoms with van der Waals surface area (Å²) in [6, 6.07) is 10.6. The van der Waals surface area contributed by atoms with Crippen LogP contribution in [0.4, 0.5) is 0 Å². The molecule has 1 aromatic carbocycles. The summed E-state index contributed by atoms with van der Waals surface area (Å²) >= 11 is 0. The average molecular weight is 262 g/mol. The minimum absolute atomic E-state index is 0.405. The van der Waals surface area contributed by atoms with Gasteiger partial charge in [0.15, 0.2) is 0 Å². The molecule has 0 aromatic heterocycles. The molecule has 0 heterocycles. The first-order chi connectivity index (χ1) is 9.83. The molecule has 1 aromatic rings. The molecule has 0 saturated heterocycles. The van der Waals surface area contributed by atoms with E-state index in [-0.39, 0.29) is 0 Å². The Labute approximate surface area is 123 Å². The highest BCUT2D eigenvalue weighted by atomic mass is 14.1. The van der Waals surface area contributed by atoms with Gasteiger partial charge >= 0.3 is 0 Å². The van der Waals surface area contributed by atoms with Crippen molar-refractivity contribution in [2.45, 2.75) is 31.4 Å². The molecule has 0 bridgehead atoms. The lowest BCUT2D eigenvalue weighted by molar-refractivity contribution is 0.865. The second kappa shape index (κ2) is 7.74. The predicted molar refractivity (Wildman–Crippen MR) is 91.7 cm³/mol. The Morgan fingerprint density at radius 2 is 2.15 bits per heavy atom. The first kappa shape index (κ1) is 14.6. The van der Waals surface area contributed by atoms with E-state index in [2.05, 4.69) is 74.1 Å². The van der Waals surface area contributed by atoms with Crippen molar-refractivity contribution in [1.82, 2.24) is 0 Å². The Morgan fingerprint density at radius 3 is 2.85 bits per heavy atom. The summed E-state index contributed by atoms with van der Waals surface area (Å²) < 4.78 is 0. The van der Waals surface area contributed by atoms with Gasteiger partial charge in [-0.05, 0) is 29.8 Å². The van der Waals surface area contributed by atoms with E-state index in [1.165, 1.54) is 24.8 Å². The summed E-state index contributed by atoms with van der Waals surface area (Å²) in [6.07, 6.45) is 15.7. The lowest BCUT2D eigenvalue weighted by Crippen LogP contribution is -1.99. The first-order valence-electron chi connectivity index (χ1n) is 7.56. The summed E-state index contributed by atoms with van der Waals surface area (Å²) in [4.78, 5) is 0. The van der Waals surface area contributed by atoms with Crippen LogP contribution in [-0.4, -0.2) is 7.28 Å². The predicted octanol–water partition coefficient (Wildman–Crippen LogP) is 5.06. The molecule has 0 N–H and O–H groups in total. The Balaban J connectivity index is 1.97. The van der Waals surface area contributed by atoms with Gasteiger partial charge in [-0.15, -0.1) is 6.58 Å². The normalized spacial score (nSPS) is 19.6. The molecule has 102 valence electrons. The molecular formula is C19H23B. The van der Waals surface area contributed by atoms with Crippen LogP contribution in [-0.2, 0) is 0 Å². The summed E-state index contributed by atoms with van der Waals surface area (Å²) in [5.41, 5.74) is 2.69. The van der Waals surface area contributed by atoms with Crippen LogP contribution in [0.5, 0.6) is 0 Å². The monoisotopic (exact) mass is 262 g/mol. The molecule has 0 nitrogen and oxygen atoms in total. The Hall–Kier alpha value is -1.76. The van der Waals surface area contributed by atoms with Crippen molar-refractivity contribution in [3.05, 3.63) is 84.5 Å².